The van der Waals surface area contributed by atoms with Crippen molar-refractivity contribution in [2.45, 2.75) is 38.4 Å². The Morgan fingerprint density at radius 3 is 2.89 bits per heavy atom. The van der Waals surface area contributed by atoms with Crippen LogP contribution in [0.5, 0.6) is 0 Å². The van der Waals surface area contributed by atoms with E-state index in [0.717, 1.165) is 22.9 Å². The third-order valence-electron chi connectivity index (χ3n) is 2.93. The van der Waals surface area contributed by atoms with E-state index >= 15 is 0 Å². The summed E-state index contributed by atoms with van der Waals surface area (Å²) in [6.45, 7) is 2.45. The Balaban J connectivity index is 1.84. The average molecular weight is 332 g/mol. The lowest BCUT2D eigenvalue weighted by atomic mass is 10.2. The molecule has 1 amide bonds. The molecule has 1 atom stereocenters. The van der Waals surface area contributed by atoms with Crippen LogP contribution in [-0.2, 0) is 11.3 Å². The van der Waals surface area contributed by atoms with E-state index in [-0.39, 0.29) is 11.9 Å². The minimum absolute atomic E-state index is 0.0609. The molecular weight excluding hydrogens is 316 g/mol. The molecule has 1 fully saturated rings. The Morgan fingerprint density at radius 1 is 1.56 bits per heavy atom. The van der Waals surface area contributed by atoms with E-state index < -0.39 is 0 Å². The Hall–Kier alpha value is -0.580. The van der Waals surface area contributed by atoms with Gasteiger partial charge in [-0.1, -0.05) is 33.6 Å². The second kappa shape index (κ2) is 6.04. The first-order valence-electron chi connectivity index (χ1n) is 6.04. The smallest absolute Gasteiger partial charge is 0.237 e. The molecule has 2 rings (SSSR count). The van der Waals surface area contributed by atoms with Gasteiger partial charge in [0.15, 0.2) is 0 Å². The van der Waals surface area contributed by atoms with Gasteiger partial charge in [0.1, 0.15) is 0 Å². The van der Waals surface area contributed by atoms with E-state index in [1.165, 1.54) is 0 Å². The number of benzene rings is 1. The van der Waals surface area contributed by atoms with Crippen LogP contribution >= 0.6 is 27.5 Å². The molecule has 0 aliphatic heterocycles. The van der Waals surface area contributed by atoms with E-state index in [2.05, 4.69) is 26.6 Å². The van der Waals surface area contributed by atoms with E-state index in [4.69, 9.17) is 11.6 Å². The van der Waals surface area contributed by atoms with Crippen molar-refractivity contribution in [3.8, 4) is 0 Å². The Labute approximate surface area is 120 Å². The van der Waals surface area contributed by atoms with Gasteiger partial charge in [0.05, 0.1) is 6.04 Å². The van der Waals surface area contributed by atoms with Crippen molar-refractivity contribution in [1.29, 1.82) is 0 Å². The lowest BCUT2D eigenvalue weighted by Crippen LogP contribution is -2.42. The second-order valence-electron chi connectivity index (χ2n) is 4.62. The highest BCUT2D eigenvalue weighted by Gasteiger charge is 2.25. The second-order valence-corrected chi connectivity index (χ2v) is 5.94. The van der Waals surface area contributed by atoms with Crippen molar-refractivity contribution in [2.75, 3.05) is 0 Å². The van der Waals surface area contributed by atoms with E-state index in [1.807, 2.05) is 25.1 Å². The maximum atomic E-state index is 11.7. The number of carbonyl (C=O) groups excluding carboxylic acids is 1. The third kappa shape index (κ3) is 3.97. The predicted octanol–water partition coefficient (Wildman–Crippen LogP) is 2.86. The number of hydrogen-bond acceptors (Lipinski definition) is 2. The first kappa shape index (κ1) is 13.8. The SMILES string of the molecule is CC(NCc1ccc(Br)cc1Cl)C(=O)NC1CC1. The topological polar surface area (TPSA) is 41.1 Å². The van der Waals surface area contributed by atoms with Gasteiger partial charge < -0.3 is 10.6 Å². The molecule has 98 valence electrons. The van der Waals surface area contributed by atoms with E-state index in [0.29, 0.717) is 17.6 Å². The molecule has 1 aliphatic rings. The third-order valence-corrected chi connectivity index (χ3v) is 3.78. The number of hydrogen-bond donors (Lipinski definition) is 2. The highest BCUT2D eigenvalue weighted by atomic mass is 79.9. The molecule has 1 aromatic rings. The highest BCUT2D eigenvalue weighted by molar-refractivity contribution is 9.10. The number of rotatable bonds is 5. The molecule has 0 aromatic heterocycles. The summed E-state index contributed by atoms with van der Waals surface area (Å²) in [7, 11) is 0. The van der Waals surface area contributed by atoms with Crippen LogP contribution in [0.2, 0.25) is 5.02 Å². The fourth-order valence-electron chi connectivity index (χ4n) is 1.57. The number of nitrogens with one attached hydrogen (secondary N) is 2. The standard InChI is InChI=1S/C13H16BrClN2O/c1-8(13(18)17-11-4-5-11)16-7-9-2-3-10(14)6-12(9)15/h2-3,6,8,11,16H,4-5,7H2,1H3,(H,17,18). The van der Waals surface area contributed by atoms with Crippen LogP contribution in [0, 0.1) is 0 Å². The molecule has 0 saturated heterocycles. The van der Waals surface area contributed by atoms with Gasteiger partial charge in [-0.25, -0.2) is 0 Å². The summed E-state index contributed by atoms with van der Waals surface area (Å²) in [5.41, 5.74) is 0.992. The van der Waals surface area contributed by atoms with Gasteiger partial charge in [-0.2, -0.15) is 0 Å². The molecule has 0 heterocycles. The van der Waals surface area contributed by atoms with Gasteiger partial charge >= 0.3 is 0 Å². The van der Waals surface area contributed by atoms with Crippen molar-refractivity contribution >= 4 is 33.4 Å². The molecule has 1 aliphatic carbocycles. The quantitative estimate of drug-likeness (QED) is 0.871. The maximum absolute atomic E-state index is 11.7. The monoisotopic (exact) mass is 330 g/mol. The molecule has 2 N–H and O–H groups in total. The molecule has 5 heteroatoms. The zero-order valence-corrected chi connectivity index (χ0v) is 12.5. The number of amides is 1. The summed E-state index contributed by atoms with van der Waals surface area (Å²) >= 11 is 9.48. The zero-order chi connectivity index (χ0) is 13.1. The van der Waals surface area contributed by atoms with Crippen LogP contribution in [0.15, 0.2) is 22.7 Å². The molecule has 1 unspecified atom stereocenters. The summed E-state index contributed by atoms with van der Waals surface area (Å²) in [5.74, 6) is 0.0609. The fourth-order valence-corrected chi connectivity index (χ4v) is 2.31. The molecule has 0 spiro atoms. The predicted molar refractivity (Wildman–Crippen MR) is 76.6 cm³/mol. The average Bonchev–Trinajstić information content (AvgIpc) is 3.11. The van der Waals surface area contributed by atoms with E-state index in [1.54, 1.807) is 0 Å². The van der Waals surface area contributed by atoms with Crippen LogP contribution in [0.25, 0.3) is 0 Å². The molecule has 1 aromatic carbocycles. The van der Waals surface area contributed by atoms with E-state index in [9.17, 15) is 4.79 Å². The number of carbonyl (C=O) groups is 1. The van der Waals surface area contributed by atoms with Crippen LogP contribution in [0.4, 0.5) is 0 Å². The first-order valence-corrected chi connectivity index (χ1v) is 7.21. The fraction of sp³-hybridized carbons (Fsp3) is 0.462. The van der Waals surface area contributed by atoms with Crippen LogP contribution < -0.4 is 10.6 Å². The normalized spacial score (nSPS) is 16.4. The van der Waals surface area contributed by atoms with Crippen LogP contribution in [0.3, 0.4) is 0 Å². The Morgan fingerprint density at radius 2 is 2.28 bits per heavy atom. The molecule has 0 radical (unpaired) electrons. The Kier molecular flexibility index (Phi) is 4.65. The molecule has 1 saturated carbocycles. The zero-order valence-electron chi connectivity index (χ0n) is 10.2. The lowest BCUT2D eigenvalue weighted by Gasteiger charge is -2.14. The van der Waals surface area contributed by atoms with Gasteiger partial charge in [-0.15, -0.1) is 0 Å². The molecule has 18 heavy (non-hydrogen) atoms. The minimum atomic E-state index is -0.203. The molecule has 3 nitrogen and oxygen atoms in total. The molecular formula is C13H16BrClN2O. The lowest BCUT2D eigenvalue weighted by molar-refractivity contribution is -0.122. The summed E-state index contributed by atoms with van der Waals surface area (Å²) < 4.78 is 0.954. The van der Waals surface area contributed by atoms with Crippen molar-refractivity contribution in [1.82, 2.24) is 10.6 Å². The Bertz CT molecular complexity index is 449. The van der Waals surface area contributed by atoms with Gasteiger partial charge in [-0.05, 0) is 37.5 Å². The maximum Gasteiger partial charge on any atom is 0.237 e. The van der Waals surface area contributed by atoms with Gasteiger partial charge in [0.2, 0.25) is 5.91 Å². The van der Waals surface area contributed by atoms with Crippen LogP contribution in [-0.4, -0.2) is 18.0 Å². The minimum Gasteiger partial charge on any atom is -0.352 e. The van der Waals surface area contributed by atoms with Crippen molar-refractivity contribution in [3.05, 3.63) is 33.3 Å². The van der Waals surface area contributed by atoms with Gasteiger partial charge in [0, 0.05) is 22.1 Å². The van der Waals surface area contributed by atoms with Crippen LogP contribution in [0.1, 0.15) is 25.3 Å². The number of halogens is 2. The summed E-state index contributed by atoms with van der Waals surface area (Å²) in [6, 6.07) is 5.94. The van der Waals surface area contributed by atoms with Crippen molar-refractivity contribution in [3.63, 3.8) is 0 Å². The summed E-state index contributed by atoms with van der Waals surface area (Å²) in [5, 5.41) is 6.85. The first-order chi connectivity index (χ1) is 8.56. The van der Waals surface area contributed by atoms with Crippen molar-refractivity contribution < 1.29 is 4.79 Å². The summed E-state index contributed by atoms with van der Waals surface area (Å²) in [6.07, 6.45) is 2.22. The molecule has 0 bridgehead atoms. The largest absolute Gasteiger partial charge is 0.352 e. The summed E-state index contributed by atoms with van der Waals surface area (Å²) in [4.78, 5) is 11.7. The highest BCUT2D eigenvalue weighted by Crippen LogP contribution is 2.21. The van der Waals surface area contributed by atoms with Gasteiger partial charge in [-0.3, -0.25) is 4.79 Å². The van der Waals surface area contributed by atoms with Gasteiger partial charge in [0.25, 0.3) is 0 Å². The van der Waals surface area contributed by atoms with Crippen molar-refractivity contribution in [2.24, 2.45) is 0 Å².